The fourth-order valence-electron chi connectivity index (χ4n) is 1.84. The van der Waals surface area contributed by atoms with Crippen molar-refractivity contribution in [2.75, 3.05) is 6.61 Å². The highest BCUT2D eigenvalue weighted by molar-refractivity contribution is 6.00. The summed E-state index contributed by atoms with van der Waals surface area (Å²) in [4.78, 5) is 11.9. The van der Waals surface area contributed by atoms with E-state index < -0.39 is 11.9 Å². The van der Waals surface area contributed by atoms with Crippen molar-refractivity contribution in [1.82, 2.24) is 0 Å². The summed E-state index contributed by atoms with van der Waals surface area (Å²) in [6, 6.07) is 6.04. The van der Waals surface area contributed by atoms with E-state index in [0.717, 1.165) is 6.42 Å². The number of halogens is 1. The normalized spacial score (nSPS) is 25.5. The predicted octanol–water partition coefficient (Wildman–Crippen LogP) is 2.43. The van der Waals surface area contributed by atoms with Gasteiger partial charge in [0.05, 0.1) is 5.56 Å². The highest BCUT2D eigenvalue weighted by Crippen LogP contribution is 2.24. The van der Waals surface area contributed by atoms with Crippen LogP contribution in [0.4, 0.5) is 4.39 Å². The SMILES string of the molecule is CC1CCOC1C(=O)c1ccccc1F. The van der Waals surface area contributed by atoms with Crippen LogP contribution in [0, 0.1) is 11.7 Å². The summed E-state index contributed by atoms with van der Waals surface area (Å²) in [6.07, 6.45) is 0.395. The minimum Gasteiger partial charge on any atom is -0.370 e. The van der Waals surface area contributed by atoms with Crippen molar-refractivity contribution in [3.8, 4) is 0 Å². The lowest BCUT2D eigenvalue weighted by Crippen LogP contribution is -2.26. The predicted molar refractivity (Wildman–Crippen MR) is 54.3 cm³/mol. The molecule has 2 atom stereocenters. The second-order valence-corrected chi connectivity index (χ2v) is 3.90. The number of Topliss-reactive ketones (excluding diaryl/α,β-unsaturated/α-hetero) is 1. The topological polar surface area (TPSA) is 26.3 Å². The molecule has 80 valence electrons. The third-order valence-electron chi connectivity index (χ3n) is 2.79. The summed E-state index contributed by atoms with van der Waals surface area (Å²) in [5, 5.41) is 0. The number of ether oxygens (including phenoxy) is 1. The summed E-state index contributed by atoms with van der Waals surface area (Å²) >= 11 is 0. The van der Waals surface area contributed by atoms with Crippen molar-refractivity contribution < 1.29 is 13.9 Å². The average molecular weight is 208 g/mol. The molecule has 0 radical (unpaired) electrons. The van der Waals surface area contributed by atoms with Gasteiger partial charge in [-0.15, -0.1) is 0 Å². The summed E-state index contributed by atoms with van der Waals surface area (Å²) in [5.74, 6) is -0.527. The molecule has 0 amide bonds. The molecule has 2 unspecified atom stereocenters. The maximum Gasteiger partial charge on any atom is 0.194 e. The third-order valence-corrected chi connectivity index (χ3v) is 2.79. The molecule has 1 aromatic carbocycles. The Morgan fingerprint density at radius 2 is 2.20 bits per heavy atom. The quantitative estimate of drug-likeness (QED) is 0.698. The Hall–Kier alpha value is -1.22. The Bertz CT molecular complexity index is 376. The van der Waals surface area contributed by atoms with E-state index >= 15 is 0 Å². The van der Waals surface area contributed by atoms with E-state index in [2.05, 4.69) is 0 Å². The lowest BCUT2D eigenvalue weighted by Gasteiger charge is -2.13. The van der Waals surface area contributed by atoms with Crippen LogP contribution >= 0.6 is 0 Å². The van der Waals surface area contributed by atoms with Gasteiger partial charge in [-0.2, -0.15) is 0 Å². The van der Waals surface area contributed by atoms with Crippen molar-refractivity contribution in [2.45, 2.75) is 19.4 Å². The molecule has 15 heavy (non-hydrogen) atoms. The lowest BCUT2D eigenvalue weighted by molar-refractivity contribution is 0.0575. The molecule has 0 saturated carbocycles. The van der Waals surface area contributed by atoms with Crippen LogP contribution in [0.25, 0.3) is 0 Å². The van der Waals surface area contributed by atoms with Gasteiger partial charge in [0.1, 0.15) is 11.9 Å². The van der Waals surface area contributed by atoms with Gasteiger partial charge in [0.25, 0.3) is 0 Å². The minimum atomic E-state index is -0.470. The molecule has 1 fully saturated rings. The molecule has 3 heteroatoms. The minimum absolute atomic E-state index is 0.135. The average Bonchev–Trinajstić information content (AvgIpc) is 2.64. The molecule has 1 aromatic rings. The highest BCUT2D eigenvalue weighted by atomic mass is 19.1. The van der Waals surface area contributed by atoms with Gasteiger partial charge in [-0.25, -0.2) is 4.39 Å². The van der Waals surface area contributed by atoms with Crippen LogP contribution in [-0.2, 0) is 4.74 Å². The summed E-state index contributed by atoms with van der Waals surface area (Å²) in [7, 11) is 0. The van der Waals surface area contributed by atoms with Crippen LogP contribution in [-0.4, -0.2) is 18.5 Å². The van der Waals surface area contributed by atoms with E-state index in [0.29, 0.717) is 6.61 Å². The van der Waals surface area contributed by atoms with Crippen molar-refractivity contribution >= 4 is 5.78 Å². The van der Waals surface area contributed by atoms with E-state index in [4.69, 9.17) is 4.74 Å². The van der Waals surface area contributed by atoms with Gasteiger partial charge >= 0.3 is 0 Å². The van der Waals surface area contributed by atoms with Gasteiger partial charge in [0.2, 0.25) is 0 Å². The zero-order valence-electron chi connectivity index (χ0n) is 8.57. The largest absolute Gasteiger partial charge is 0.370 e. The first kappa shape index (κ1) is 10.3. The number of ketones is 1. The van der Waals surface area contributed by atoms with Crippen LogP contribution in [0.1, 0.15) is 23.7 Å². The highest BCUT2D eigenvalue weighted by Gasteiger charge is 2.32. The number of hydrogen-bond acceptors (Lipinski definition) is 2. The van der Waals surface area contributed by atoms with Crippen LogP contribution in [0.15, 0.2) is 24.3 Å². The number of benzene rings is 1. The zero-order chi connectivity index (χ0) is 10.8. The molecule has 0 aromatic heterocycles. The second kappa shape index (κ2) is 4.11. The van der Waals surface area contributed by atoms with Crippen molar-refractivity contribution in [3.63, 3.8) is 0 Å². The summed E-state index contributed by atoms with van der Waals surface area (Å²) in [5.41, 5.74) is 0.135. The maximum absolute atomic E-state index is 13.3. The first-order valence-electron chi connectivity index (χ1n) is 5.10. The van der Waals surface area contributed by atoms with Crippen molar-refractivity contribution in [3.05, 3.63) is 35.6 Å². The van der Waals surface area contributed by atoms with E-state index in [9.17, 15) is 9.18 Å². The molecular weight excluding hydrogens is 195 g/mol. The molecule has 0 spiro atoms. The van der Waals surface area contributed by atoms with E-state index in [1.807, 2.05) is 6.92 Å². The number of carbonyl (C=O) groups is 1. The van der Waals surface area contributed by atoms with Crippen molar-refractivity contribution in [1.29, 1.82) is 0 Å². The Kier molecular flexibility index (Phi) is 2.82. The van der Waals surface area contributed by atoms with Gasteiger partial charge in [0, 0.05) is 6.61 Å². The fraction of sp³-hybridized carbons (Fsp3) is 0.417. The van der Waals surface area contributed by atoms with E-state index in [1.165, 1.54) is 12.1 Å². The van der Waals surface area contributed by atoms with Crippen LogP contribution in [0.2, 0.25) is 0 Å². The monoisotopic (exact) mass is 208 g/mol. The number of hydrogen-bond donors (Lipinski definition) is 0. The molecule has 0 N–H and O–H groups in total. The maximum atomic E-state index is 13.3. The molecule has 1 aliphatic heterocycles. The molecule has 1 aliphatic rings. The fourth-order valence-corrected chi connectivity index (χ4v) is 1.84. The Morgan fingerprint density at radius 3 is 2.80 bits per heavy atom. The van der Waals surface area contributed by atoms with Gasteiger partial charge < -0.3 is 4.74 Å². The van der Waals surface area contributed by atoms with Gasteiger partial charge in [-0.1, -0.05) is 19.1 Å². The molecule has 0 bridgehead atoms. The first-order chi connectivity index (χ1) is 7.20. The molecule has 2 rings (SSSR count). The molecule has 0 aliphatic carbocycles. The number of carbonyl (C=O) groups excluding carboxylic acids is 1. The van der Waals surface area contributed by atoms with E-state index in [1.54, 1.807) is 12.1 Å². The van der Waals surface area contributed by atoms with Crippen molar-refractivity contribution in [2.24, 2.45) is 5.92 Å². The lowest BCUT2D eigenvalue weighted by atomic mass is 9.96. The molecule has 1 heterocycles. The van der Waals surface area contributed by atoms with Crippen LogP contribution in [0.5, 0.6) is 0 Å². The van der Waals surface area contributed by atoms with Gasteiger partial charge in [-0.3, -0.25) is 4.79 Å². The third kappa shape index (κ3) is 1.92. The van der Waals surface area contributed by atoms with Crippen LogP contribution < -0.4 is 0 Å². The number of rotatable bonds is 2. The summed E-state index contributed by atoms with van der Waals surface area (Å²) < 4.78 is 18.7. The Labute approximate surface area is 88.1 Å². The van der Waals surface area contributed by atoms with E-state index in [-0.39, 0.29) is 17.3 Å². The molecular formula is C12H13FO2. The molecule has 1 saturated heterocycles. The van der Waals surface area contributed by atoms with Crippen LogP contribution in [0.3, 0.4) is 0 Å². The first-order valence-corrected chi connectivity index (χ1v) is 5.10. The van der Waals surface area contributed by atoms with Gasteiger partial charge in [-0.05, 0) is 24.5 Å². The van der Waals surface area contributed by atoms with Gasteiger partial charge in [0.15, 0.2) is 5.78 Å². The molecule has 2 nitrogen and oxygen atoms in total. The standard InChI is InChI=1S/C12H13FO2/c1-8-6-7-15-12(8)11(14)9-4-2-3-5-10(9)13/h2-5,8,12H,6-7H2,1H3. The summed E-state index contributed by atoms with van der Waals surface area (Å²) in [6.45, 7) is 2.54. The smallest absolute Gasteiger partial charge is 0.194 e. The second-order valence-electron chi connectivity index (χ2n) is 3.90. The zero-order valence-corrected chi connectivity index (χ0v) is 8.57. The Morgan fingerprint density at radius 1 is 1.47 bits per heavy atom. The Balaban J connectivity index is 2.24.